The molecule has 0 aromatic carbocycles. The molecule has 0 fully saturated rings. The maximum atomic E-state index is 6.17. The summed E-state index contributed by atoms with van der Waals surface area (Å²) in [6, 6.07) is 5.40. The van der Waals surface area contributed by atoms with E-state index in [9.17, 15) is 0 Å². The molecule has 2 rings (SSSR count). The molecular formula is C11H9Cl2N3S. The highest BCUT2D eigenvalue weighted by molar-refractivity contribution is 7.99. The summed E-state index contributed by atoms with van der Waals surface area (Å²) in [5.74, 6) is 0. The molecule has 0 unspecified atom stereocenters. The van der Waals surface area contributed by atoms with Gasteiger partial charge >= 0.3 is 0 Å². The molecule has 0 amide bonds. The van der Waals surface area contributed by atoms with Gasteiger partial charge in [-0.05, 0) is 35.5 Å². The number of nitrogens with two attached hydrogens (primary N) is 1. The van der Waals surface area contributed by atoms with E-state index in [1.807, 2.05) is 12.1 Å². The molecule has 2 N–H and O–H groups in total. The second-order valence-electron chi connectivity index (χ2n) is 3.21. The Bertz CT molecular complexity index is 517. The smallest absolute Gasteiger partial charge is 0.121 e. The molecule has 0 radical (unpaired) electrons. The number of hydrogen-bond donors (Lipinski definition) is 1. The van der Waals surface area contributed by atoms with E-state index < -0.39 is 0 Å². The topological polar surface area (TPSA) is 51.8 Å². The third-order valence-corrected chi connectivity index (χ3v) is 3.77. The summed E-state index contributed by atoms with van der Waals surface area (Å²) < 4.78 is 0. The van der Waals surface area contributed by atoms with E-state index >= 15 is 0 Å². The van der Waals surface area contributed by atoms with Gasteiger partial charge in [-0.2, -0.15) is 0 Å². The molecule has 0 atom stereocenters. The summed E-state index contributed by atoms with van der Waals surface area (Å²) in [5.41, 5.74) is 6.45. The second kappa shape index (κ2) is 5.69. The number of hydrogen-bond acceptors (Lipinski definition) is 4. The first-order chi connectivity index (χ1) is 8.20. The van der Waals surface area contributed by atoms with Gasteiger partial charge in [-0.25, -0.2) is 9.97 Å². The van der Waals surface area contributed by atoms with Gasteiger partial charge in [0, 0.05) is 18.9 Å². The Hall–Kier alpha value is -0.810. The average molecular weight is 286 g/mol. The quantitative estimate of drug-likeness (QED) is 0.939. The number of nitrogens with zero attached hydrogens (tertiary/aromatic N) is 2. The largest absolute Gasteiger partial charge is 0.326 e. The molecule has 2 heterocycles. The van der Waals surface area contributed by atoms with E-state index in [0.29, 0.717) is 21.6 Å². The van der Waals surface area contributed by atoms with E-state index in [1.54, 1.807) is 18.5 Å². The Balaban J connectivity index is 2.27. The van der Waals surface area contributed by atoms with Crippen molar-refractivity contribution in [1.82, 2.24) is 9.97 Å². The highest BCUT2D eigenvalue weighted by Crippen LogP contribution is 2.32. The maximum Gasteiger partial charge on any atom is 0.121 e. The van der Waals surface area contributed by atoms with Gasteiger partial charge < -0.3 is 5.73 Å². The molecule has 0 saturated carbocycles. The molecule has 0 saturated heterocycles. The minimum Gasteiger partial charge on any atom is -0.326 e. The minimum absolute atomic E-state index is 0.392. The van der Waals surface area contributed by atoms with Gasteiger partial charge in [0.1, 0.15) is 10.1 Å². The Morgan fingerprint density at radius 1 is 1.18 bits per heavy atom. The summed E-state index contributed by atoms with van der Waals surface area (Å²) >= 11 is 13.3. The minimum atomic E-state index is 0.392. The average Bonchev–Trinajstić information content (AvgIpc) is 2.35. The van der Waals surface area contributed by atoms with Crippen LogP contribution in [0.2, 0.25) is 10.0 Å². The van der Waals surface area contributed by atoms with Crippen LogP contribution in [0.4, 0.5) is 0 Å². The summed E-state index contributed by atoms with van der Waals surface area (Å²) in [7, 11) is 0. The molecule has 0 aliphatic carbocycles. The van der Waals surface area contributed by atoms with Crippen LogP contribution in [0, 0.1) is 0 Å². The van der Waals surface area contributed by atoms with Crippen LogP contribution in [0.1, 0.15) is 5.56 Å². The van der Waals surface area contributed by atoms with Gasteiger partial charge in [0.25, 0.3) is 0 Å². The van der Waals surface area contributed by atoms with E-state index in [4.69, 9.17) is 28.9 Å². The number of halogens is 2. The van der Waals surface area contributed by atoms with Crippen molar-refractivity contribution in [3.8, 4) is 0 Å². The summed E-state index contributed by atoms with van der Waals surface area (Å²) in [6.45, 7) is 0.392. The molecule has 0 aliphatic heterocycles. The van der Waals surface area contributed by atoms with Crippen LogP contribution in [0.15, 0.2) is 40.6 Å². The van der Waals surface area contributed by atoms with Crippen LogP contribution in [-0.4, -0.2) is 9.97 Å². The van der Waals surface area contributed by atoms with E-state index in [2.05, 4.69) is 9.97 Å². The van der Waals surface area contributed by atoms with Crippen molar-refractivity contribution in [2.24, 2.45) is 5.73 Å². The number of pyridine rings is 2. The zero-order valence-corrected chi connectivity index (χ0v) is 11.1. The third kappa shape index (κ3) is 3.10. The highest BCUT2D eigenvalue weighted by Gasteiger charge is 2.08. The molecule has 2 aromatic rings. The summed E-state index contributed by atoms with van der Waals surface area (Å²) in [6.07, 6.45) is 3.27. The fourth-order valence-electron chi connectivity index (χ4n) is 1.21. The van der Waals surface area contributed by atoms with Crippen LogP contribution in [0.5, 0.6) is 0 Å². The lowest BCUT2D eigenvalue weighted by Gasteiger charge is -2.06. The molecule has 3 nitrogen and oxygen atoms in total. The fourth-order valence-corrected chi connectivity index (χ4v) is 2.40. The van der Waals surface area contributed by atoms with Crippen LogP contribution >= 0.6 is 35.0 Å². The van der Waals surface area contributed by atoms with E-state index in [-0.39, 0.29) is 0 Å². The standard InChI is InChI=1S/C11H9Cl2N3S/c12-8-1-2-9(16-6-8)17-11-10(13)7(5-14)3-4-15-11/h1-4,6H,5,14H2. The lowest BCUT2D eigenvalue weighted by atomic mass is 10.3. The van der Waals surface area contributed by atoms with Crippen molar-refractivity contribution in [3.63, 3.8) is 0 Å². The van der Waals surface area contributed by atoms with Gasteiger partial charge in [0.05, 0.1) is 10.0 Å². The van der Waals surface area contributed by atoms with Gasteiger partial charge in [-0.15, -0.1) is 0 Å². The predicted octanol–water partition coefficient (Wildman–Crippen LogP) is 3.39. The maximum absolute atomic E-state index is 6.17. The zero-order chi connectivity index (χ0) is 12.3. The molecule has 0 aliphatic rings. The summed E-state index contributed by atoms with van der Waals surface area (Å²) in [5, 5.41) is 2.67. The predicted molar refractivity (Wildman–Crippen MR) is 70.5 cm³/mol. The first-order valence-corrected chi connectivity index (χ1v) is 6.41. The van der Waals surface area contributed by atoms with Crippen LogP contribution in [0.25, 0.3) is 0 Å². The van der Waals surface area contributed by atoms with Gasteiger partial charge in [0.2, 0.25) is 0 Å². The lowest BCUT2D eigenvalue weighted by Crippen LogP contribution is -1.98. The normalized spacial score (nSPS) is 10.5. The Labute approximate surface area is 113 Å². The van der Waals surface area contributed by atoms with Crippen LogP contribution in [-0.2, 0) is 6.54 Å². The highest BCUT2D eigenvalue weighted by atomic mass is 35.5. The molecule has 6 heteroatoms. The molecular weight excluding hydrogens is 277 g/mol. The Morgan fingerprint density at radius 2 is 2.00 bits per heavy atom. The molecule has 2 aromatic heterocycles. The Morgan fingerprint density at radius 3 is 2.65 bits per heavy atom. The SMILES string of the molecule is NCc1ccnc(Sc2ccc(Cl)cn2)c1Cl. The molecule has 17 heavy (non-hydrogen) atoms. The Kier molecular flexibility index (Phi) is 4.23. The van der Waals surface area contributed by atoms with Crippen molar-refractivity contribution in [3.05, 3.63) is 46.2 Å². The van der Waals surface area contributed by atoms with Crippen molar-refractivity contribution in [2.45, 2.75) is 16.6 Å². The van der Waals surface area contributed by atoms with E-state index in [1.165, 1.54) is 11.8 Å². The second-order valence-corrected chi connectivity index (χ2v) is 5.03. The first kappa shape index (κ1) is 12.6. The number of aromatic nitrogens is 2. The first-order valence-electron chi connectivity index (χ1n) is 4.83. The molecule has 88 valence electrons. The van der Waals surface area contributed by atoms with Gasteiger partial charge in [0.15, 0.2) is 0 Å². The number of rotatable bonds is 3. The fraction of sp³-hybridized carbons (Fsp3) is 0.0909. The van der Waals surface area contributed by atoms with Crippen LogP contribution < -0.4 is 5.73 Å². The summed E-state index contributed by atoms with van der Waals surface area (Å²) in [4.78, 5) is 8.38. The van der Waals surface area contributed by atoms with Crippen LogP contribution in [0.3, 0.4) is 0 Å². The van der Waals surface area contributed by atoms with Crippen molar-refractivity contribution in [1.29, 1.82) is 0 Å². The molecule has 0 spiro atoms. The van der Waals surface area contributed by atoms with E-state index in [0.717, 1.165) is 10.6 Å². The van der Waals surface area contributed by atoms with Crippen molar-refractivity contribution >= 4 is 35.0 Å². The lowest BCUT2D eigenvalue weighted by molar-refractivity contribution is 1.01. The van der Waals surface area contributed by atoms with Crippen molar-refractivity contribution in [2.75, 3.05) is 0 Å². The monoisotopic (exact) mass is 285 g/mol. The van der Waals surface area contributed by atoms with Crippen molar-refractivity contribution < 1.29 is 0 Å². The van der Waals surface area contributed by atoms with Gasteiger partial charge in [-0.1, -0.05) is 23.2 Å². The van der Waals surface area contributed by atoms with Gasteiger partial charge in [-0.3, -0.25) is 0 Å². The molecule has 0 bridgehead atoms. The third-order valence-electron chi connectivity index (χ3n) is 2.06. The zero-order valence-electron chi connectivity index (χ0n) is 8.73.